The zero-order valence-electron chi connectivity index (χ0n) is 18.4. The Balaban J connectivity index is 2.00. The summed E-state index contributed by atoms with van der Waals surface area (Å²) in [4.78, 5) is 20.9. The predicted molar refractivity (Wildman–Crippen MR) is 119 cm³/mol. The fraction of sp³-hybridized carbons (Fsp3) is 0.400. The predicted octanol–water partition coefficient (Wildman–Crippen LogP) is 1.88. The number of nitrogens with zero attached hydrogens (tertiary/aromatic N) is 6. The van der Waals surface area contributed by atoms with E-state index in [1.165, 1.54) is 37.0 Å². The molecule has 0 spiro atoms. The highest BCUT2D eigenvalue weighted by molar-refractivity contribution is 7.89. The van der Waals surface area contributed by atoms with Crippen LogP contribution in [0.2, 0.25) is 0 Å². The minimum absolute atomic E-state index is 0.111. The number of hydrogen-bond donors (Lipinski definition) is 1. The molecule has 4 aromatic rings. The van der Waals surface area contributed by atoms with E-state index in [1.807, 2.05) is 13.8 Å². The SMILES string of the molecule is CCCOc1ccc(S(=O)(=O)N(C)C)cc1-c1nc2c([nH]1)c1nncn1c(=O)n2CCC. The van der Waals surface area contributed by atoms with Crippen LogP contribution in [0, 0.1) is 0 Å². The second kappa shape index (κ2) is 8.36. The summed E-state index contributed by atoms with van der Waals surface area (Å²) in [7, 11) is -0.719. The fourth-order valence-corrected chi connectivity index (χ4v) is 4.37. The van der Waals surface area contributed by atoms with Gasteiger partial charge in [0, 0.05) is 20.6 Å². The first kappa shape index (κ1) is 22.0. The standard InChI is InChI=1S/C20H25N7O4S/c1-5-9-26-18-16(19-24-21-12-27(19)20(26)28)22-17(23-18)14-11-13(32(29,30)25(3)4)7-8-15(14)31-10-6-2/h7-8,11-12H,5-6,9-10H2,1-4H3,(H,22,23). The zero-order valence-corrected chi connectivity index (χ0v) is 19.2. The highest BCUT2D eigenvalue weighted by Gasteiger charge is 2.23. The van der Waals surface area contributed by atoms with Gasteiger partial charge in [0.1, 0.15) is 23.4 Å². The van der Waals surface area contributed by atoms with Crippen LogP contribution in [0.15, 0.2) is 34.2 Å². The number of fused-ring (bicyclic) bond motifs is 3. The maximum absolute atomic E-state index is 12.9. The molecule has 1 aromatic carbocycles. The van der Waals surface area contributed by atoms with Crippen LogP contribution in [0.3, 0.4) is 0 Å². The lowest BCUT2D eigenvalue weighted by molar-refractivity contribution is 0.318. The third-order valence-electron chi connectivity index (χ3n) is 5.04. The normalized spacial score (nSPS) is 12.3. The maximum atomic E-state index is 12.9. The molecule has 0 radical (unpaired) electrons. The number of benzene rings is 1. The van der Waals surface area contributed by atoms with Gasteiger partial charge in [0.15, 0.2) is 11.3 Å². The summed E-state index contributed by atoms with van der Waals surface area (Å²) in [5.74, 6) is 0.868. The van der Waals surface area contributed by atoms with Gasteiger partial charge in [-0.15, -0.1) is 10.2 Å². The quantitative estimate of drug-likeness (QED) is 0.426. The number of rotatable bonds is 8. The summed E-state index contributed by atoms with van der Waals surface area (Å²) in [6, 6.07) is 4.66. The van der Waals surface area contributed by atoms with E-state index in [2.05, 4.69) is 20.2 Å². The third-order valence-corrected chi connectivity index (χ3v) is 6.85. The zero-order chi connectivity index (χ0) is 23.0. The molecule has 3 aromatic heterocycles. The minimum Gasteiger partial charge on any atom is -0.493 e. The second-order valence-electron chi connectivity index (χ2n) is 7.54. The van der Waals surface area contributed by atoms with Crippen molar-refractivity contribution in [2.24, 2.45) is 0 Å². The average molecular weight is 460 g/mol. The molecule has 1 N–H and O–H groups in total. The largest absolute Gasteiger partial charge is 0.493 e. The van der Waals surface area contributed by atoms with Gasteiger partial charge in [-0.3, -0.25) is 4.57 Å². The van der Waals surface area contributed by atoms with Gasteiger partial charge in [-0.05, 0) is 31.0 Å². The van der Waals surface area contributed by atoms with Crippen LogP contribution in [0.4, 0.5) is 0 Å². The van der Waals surface area contributed by atoms with Crippen LogP contribution in [0.5, 0.6) is 5.75 Å². The molecule has 11 nitrogen and oxygen atoms in total. The molecule has 0 fully saturated rings. The van der Waals surface area contributed by atoms with Gasteiger partial charge in [0.25, 0.3) is 0 Å². The number of nitrogens with one attached hydrogen (secondary N) is 1. The van der Waals surface area contributed by atoms with Crippen molar-refractivity contribution in [1.82, 2.24) is 33.4 Å². The molecule has 170 valence electrons. The monoisotopic (exact) mass is 459 g/mol. The summed E-state index contributed by atoms with van der Waals surface area (Å²) in [5, 5.41) is 7.92. The fourth-order valence-electron chi connectivity index (χ4n) is 3.44. The number of aryl methyl sites for hydroxylation is 1. The van der Waals surface area contributed by atoms with Gasteiger partial charge in [-0.2, -0.15) is 0 Å². The molecule has 3 heterocycles. The molecule has 0 aliphatic rings. The number of H-pyrrole nitrogens is 1. The Morgan fingerprint density at radius 2 is 1.94 bits per heavy atom. The van der Waals surface area contributed by atoms with Crippen molar-refractivity contribution >= 4 is 26.8 Å². The lowest BCUT2D eigenvalue weighted by Gasteiger charge is -2.14. The molecule has 0 bridgehead atoms. The van der Waals surface area contributed by atoms with Gasteiger partial charge < -0.3 is 9.72 Å². The Morgan fingerprint density at radius 1 is 1.16 bits per heavy atom. The summed E-state index contributed by atoms with van der Waals surface area (Å²) < 4.78 is 35.4. The van der Waals surface area contributed by atoms with Crippen molar-refractivity contribution in [3.05, 3.63) is 35.0 Å². The van der Waals surface area contributed by atoms with E-state index in [-0.39, 0.29) is 10.6 Å². The first-order valence-electron chi connectivity index (χ1n) is 10.3. The van der Waals surface area contributed by atoms with Crippen molar-refractivity contribution in [2.45, 2.75) is 38.1 Å². The summed E-state index contributed by atoms with van der Waals surface area (Å²) in [6.45, 7) is 4.87. The Bertz CT molecular complexity index is 1450. The summed E-state index contributed by atoms with van der Waals surface area (Å²) >= 11 is 0. The van der Waals surface area contributed by atoms with E-state index in [0.717, 1.165) is 17.1 Å². The molecular formula is C20H25N7O4S. The van der Waals surface area contributed by atoms with Crippen LogP contribution in [0.1, 0.15) is 26.7 Å². The van der Waals surface area contributed by atoms with E-state index in [9.17, 15) is 13.2 Å². The molecule has 32 heavy (non-hydrogen) atoms. The van der Waals surface area contributed by atoms with Crippen molar-refractivity contribution < 1.29 is 13.2 Å². The van der Waals surface area contributed by atoms with E-state index >= 15 is 0 Å². The average Bonchev–Trinajstić information content (AvgIpc) is 3.42. The van der Waals surface area contributed by atoms with Crippen LogP contribution in [-0.2, 0) is 16.6 Å². The highest BCUT2D eigenvalue weighted by Crippen LogP contribution is 2.33. The molecule has 0 unspecified atom stereocenters. The van der Waals surface area contributed by atoms with Crippen LogP contribution in [0.25, 0.3) is 28.2 Å². The van der Waals surface area contributed by atoms with Gasteiger partial charge in [-0.1, -0.05) is 13.8 Å². The highest BCUT2D eigenvalue weighted by atomic mass is 32.2. The van der Waals surface area contributed by atoms with E-state index < -0.39 is 10.0 Å². The minimum atomic E-state index is -3.67. The third kappa shape index (κ3) is 3.54. The molecule has 0 atom stereocenters. The molecule has 0 aliphatic carbocycles. The topological polar surface area (TPSA) is 127 Å². The number of aromatic amines is 1. The molecule has 0 saturated carbocycles. The first-order valence-corrected chi connectivity index (χ1v) is 11.8. The molecule has 0 amide bonds. The molecule has 0 aliphatic heterocycles. The van der Waals surface area contributed by atoms with Gasteiger partial charge in [0.2, 0.25) is 10.0 Å². The second-order valence-corrected chi connectivity index (χ2v) is 9.69. The van der Waals surface area contributed by atoms with Crippen LogP contribution < -0.4 is 10.4 Å². The van der Waals surface area contributed by atoms with Crippen molar-refractivity contribution in [1.29, 1.82) is 0 Å². The Labute approximate surface area is 184 Å². The summed E-state index contributed by atoms with van der Waals surface area (Å²) in [5.41, 5.74) is 1.50. The van der Waals surface area contributed by atoms with Crippen LogP contribution in [-0.4, -0.2) is 62.6 Å². The van der Waals surface area contributed by atoms with Crippen molar-refractivity contribution in [3.63, 3.8) is 0 Å². The van der Waals surface area contributed by atoms with Gasteiger partial charge in [0.05, 0.1) is 17.1 Å². The number of hydrogen-bond acceptors (Lipinski definition) is 7. The Morgan fingerprint density at radius 3 is 2.62 bits per heavy atom. The van der Waals surface area contributed by atoms with Crippen molar-refractivity contribution in [2.75, 3.05) is 20.7 Å². The lowest BCUT2D eigenvalue weighted by atomic mass is 10.2. The molecule has 12 heteroatoms. The number of imidazole rings is 1. The van der Waals surface area contributed by atoms with Gasteiger partial charge in [-0.25, -0.2) is 26.9 Å². The van der Waals surface area contributed by atoms with Crippen molar-refractivity contribution in [3.8, 4) is 17.1 Å². The maximum Gasteiger partial charge on any atom is 0.336 e. The molecule has 4 rings (SSSR count). The Hall–Kier alpha value is -3.25. The van der Waals surface area contributed by atoms with E-state index in [4.69, 9.17) is 4.74 Å². The number of aromatic nitrogens is 6. The smallest absolute Gasteiger partial charge is 0.336 e. The van der Waals surface area contributed by atoms with Gasteiger partial charge >= 0.3 is 5.69 Å². The number of sulfonamides is 1. The molecule has 0 saturated heterocycles. The Kier molecular flexibility index (Phi) is 5.73. The lowest BCUT2D eigenvalue weighted by Crippen LogP contribution is -2.26. The summed E-state index contributed by atoms with van der Waals surface area (Å²) in [6.07, 6.45) is 2.88. The van der Waals surface area contributed by atoms with E-state index in [1.54, 1.807) is 10.6 Å². The molecular weight excluding hydrogens is 434 g/mol. The number of ether oxygens (including phenoxy) is 1. The van der Waals surface area contributed by atoms with Crippen LogP contribution >= 0.6 is 0 Å². The first-order chi connectivity index (χ1) is 15.3. The van der Waals surface area contributed by atoms with E-state index in [0.29, 0.717) is 47.1 Å².